The summed E-state index contributed by atoms with van der Waals surface area (Å²) in [6, 6.07) is 18.7. The molecule has 3 aromatic rings. The number of hydrogen-bond acceptors (Lipinski definition) is 12. The molecule has 2 atom stereocenters. The molecule has 3 N–H and O–H groups in total. The zero-order valence-corrected chi connectivity index (χ0v) is 34.9. The lowest BCUT2D eigenvalue weighted by atomic mass is 9.89. The van der Waals surface area contributed by atoms with E-state index in [1.165, 1.54) is 16.4 Å². The first-order valence-corrected chi connectivity index (χ1v) is 22.5. The molecule has 0 radical (unpaired) electrons. The molecule has 3 aliphatic rings. The molecule has 3 fully saturated rings. The molecule has 1 unspecified atom stereocenters. The van der Waals surface area contributed by atoms with Gasteiger partial charge in [-0.1, -0.05) is 36.4 Å². The molecule has 3 aromatic carbocycles. The number of aliphatic hydroxyl groups excluding tert-OH is 1. The van der Waals surface area contributed by atoms with Crippen LogP contribution in [0, 0.1) is 0 Å². The van der Waals surface area contributed by atoms with Crippen molar-refractivity contribution < 1.29 is 55.2 Å². The van der Waals surface area contributed by atoms with Gasteiger partial charge in [0.1, 0.15) is 40.8 Å². The van der Waals surface area contributed by atoms with E-state index in [4.69, 9.17) is 23.7 Å². The van der Waals surface area contributed by atoms with Crippen LogP contribution in [0.5, 0.6) is 11.5 Å². The first-order valence-electron chi connectivity index (χ1n) is 19.5. The fourth-order valence-corrected chi connectivity index (χ4v) is 10.2. The second-order valence-corrected chi connectivity index (χ2v) is 20.0. The zero-order chi connectivity index (χ0) is 41.7. The molecule has 2 saturated heterocycles. The van der Waals surface area contributed by atoms with Gasteiger partial charge < -0.3 is 39.4 Å². The number of carbonyl (C=O) groups is 2. The van der Waals surface area contributed by atoms with Crippen LogP contribution >= 0.6 is 0 Å². The quantitative estimate of drug-likeness (QED) is 0.181. The number of amides is 2. The Labute approximate surface area is 340 Å². The van der Waals surface area contributed by atoms with Gasteiger partial charge in [-0.15, -0.1) is 0 Å². The first kappa shape index (κ1) is 43.2. The number of ether oxygens (including phenoxy) is 5. The molecule has 1 aliphatic carbocycles. The summed E-state index contributed by atoms with van der Waals surface area (Å²) in [6.07, 6.45) is -0.413. The summed E-state index contributed by atoms with van der Waals surface area (Å²) < 4.78 is 83.1. The largest absolute Gasteiger partial charge is 0.492 e. The third-order valence-electron chi connectivity index (χ3n) is 10.1. The fraction of sp³-hybridized carbons (Fsp3) is 0.512. The highest BCUT2D eigenvalue weighted by molar-refractivity contribution is 7.92. The maximum atomic E-state index is 14.1. The standard InChI is InChI=1S/C41H53N3O12S2/c1-5-52-36-16-13-30(29-11-9-28(10-12-29)24-42-39(47)56-40(2,3)4)21-37(36)58(50,51)44-19-17-41(18-20-44)23-33(27-54-41)55-38(46)43-25-31(45)26-53-32-7-6-8-35(22-32)57(48,49)34-14-15-34/h6-13,16,21-22,31,33-34,45H,5,14-15,17-20,23-27H2,1-4H3,(H,42,47)(H,43,46)/t31?,33-/m0/s1. The molecule has 17 heteroatoms. The lowest BCUT2D eigenvalue weighted by molar-refractivity contribution is -0.0325. The van der Waals surface area contributed by atoms with Gasteiger partial charge in [-0.05, 0) is 100 Å². The Bertz CT molecular complexity index is 2140. The number of piperidine rings is 1. The van der Waals surface area contributed by atoms with Crippen LogP contribution in [0.3, 0.4) is 0 Å². The Morgan fingerprint density at radius 3 is 2.31 bits per heavy atom. The normalized spacial score (nSPS) is 18.9. The van der Waals surface area contributed by atoms with Gasteiger partial charge in [0.15, 0.2) is 9.84 Å². The fourth-order valence-electron chi connectivity index (χ4n) is 6.92. The maximum absolute atomic E-state index is 14.1. The van der Waals surface area contributed by atoms with Crippen molar-refractivity contribution in [1.29, 1.82) is 0 Å². The predicted octanol–water partition coefficient (Wildman–Crippen LogP) is 5.19. The minimum atomic E-state index is -3.98. The Hall–Kier alpha value is -4.42. The second kappa shape index (κ2) is 17.8. The SMILES string of the molecule is CCOc1ccc(-c2ccc(CNC(=O)OC(C)(C)C)cc2)cc1S(=O)(=O)N1CCC2(CC1)C[C@H](OC(=O)NCC(O)COc1cccc(S(=O)(=O)C3CC3)c1)CO2. The number of rotatable bonds is 15. The monoisotopic (exact) mass is 843 g/mol. The number of nitrogens with zero attached hydrogens (tertiary/aromatic N) is 1. The average molecular weight is 844 g/mol. The zero-order valence-electron chi connectivity index (χ0n) is 33.3. The van der Waals surface area contributed by atoms with Gasteiger partial charge >= 0.3 is 12.2 Å². The third kappa shape index (κ3) is 11.0. The lowest BCUT2D eigenvalue weighted by Crippen LogP contribution is -2.46. The van der Waals surface area contributed by atoms with Gasteiger partial charge in [0.05, 0.1) is 35.5 Å². The van der Waals surface area contributed by atoms with Crippen LogP contribution in [0.25, 0.3) is 11.1 Å². The Balaban J connectivity index is 0.982. The molecule has 2 aliphatic heterocycles. The number of aliphatic hydroxyl groups is 1. The van der Waals surface area contributed by atoms with Gasteiger partial charge in [-0.25, -0.2) is 26.4 Å². The number of benzene rings is 3. The van der Waals surface area contributed by atoms with Crippen molar-refractivity contribution in [1.82, 2.24) is 14.9 Å². The maximum Gasteiger partial charge on any atom is 0.407 e. The molecule has 1 saturated carbocycles. The Morgan fingerprint density at radius 2 is 1.64 bits per heavy atom. The van der Waals surface area contributed by atoms with E-state index in [0.717, 1.165) is 11.1 Å². The highest BCUT2D eigenvalue weighted by Gasteiger charge is 2.46. The van der Waals surface area contributed by atoms with E-state index in [1.807, 2.05) is 30.3 Å². The molecule has 0 bridgehead atoms. The number of sulfone groups is 1. The van der Waals surface area contributed by atoms with Gasteiger partial charge in [-0.3, -0.25) is 0 Å². The highest BCUT2D eigenvalue weighted by Crippen LogP contribution is 2.40. The van der Waals surface area contributed by atoms with E-state index < -0.39 is 55.5 Å². The van der Waals surface area contributed by atoms with E-state index in [1.54, 1.807) is 52.0 Å². The summed E-state index contributed by atoms with van der Waals surface area (Å²) in [6.45, 7) is 7.92. The van der Waals surface area contributed by atoms with Crippen molar-refractivity contribution in [2.24, 2.45) is 0 Å². The molecule has 316 valence electrons. The lowest BCUT2D eigenvalue weighted by Gasteiger charge is -2.38. The molecule has 0 aromatic heterocycles. The van der Waals surface area contributed by atoms with E-state index in [2.05, 4.69) is 10.6 Å². The topological polar surface area (TPSA) is 196 Å². The Kier molecular flexibility index (Phi) is 13.3. The van der Waals surface area contributed by atoms with Crippen LogP contribution in [0.4, 0.5) is 9.59 Å². The molecular weight excluding hydrogens is 791 g/mol. The summed E-state index contributed by atoms with van der Waals surface area (Å²) in [5, 5.41) is 15.3. The second-order valence-electron chi connectivity index (χ2n) is 15.8. The summed E-state index contributed by atoms with van der Waals surface area (Å²) in [7, 11) is -7.36. The molecule has 1 spiro atoms. The molecule has 58 heavy (non-hydrogen) atoms. The van der Waals surface area contributed by atoms with Gasteiger partial charge in [-0.2, -0.15) is 4.31 Å². The summed E-state index contributed by atoms with van der Waals surface area (Å²) in [4.78, 5) is 24.9. The number of sulfonamides is 1. The van der Waals surface area contributed by atoms with Crippen molar-refractivity contribution in [2.45, 2.75) is 105 Å². The summed E-state index contributed by atoms with van der Waals surface area (Å²) in [5.41, 5.74) is 1.07. The van der Waals surface area contributed by atoms with Crippen LogP contribution in [0.2, 0.25) is 0 Å². The smallest absolute Gasteiger partial charge is 0.407 e. The number of nitrogens with one attached hydrogen (secondary N) is 2. The molecule has 15 nitrogen and oxygen atoms in total. The van der Waals surface area contributed by atoms with Crippen molar-refractivity contribution in [3.63, 3.8) is 0 Å². The van der Waals surface area contributed by atoms with Crippen molar-refractivity contribution in [2.75, 3.05) is 39.5 Å². The molecule has 2 amide bonds. The van der Waals surface area contributed by atoms with Gasteiger partial charge in [0.2, 0.25) is 10.0 Å². The van der Waals surface area contributed by atoms with E-state index in [-0.39, 0.29) is 66.8 Å². The minimum absolute atomic E-state index is 0.0614. The first-order chi connectivity index (χ1) is 27.5. The van der Waals surface area contributed by atoms with E-state index in [0.29, 0.717) is 43.4 Å². The number of carbonyl (C=O) groups excluding carboxylic acids is 2. The van der Waals surface area contributed by atoms with Crippen LogP contribution in [0.1, 0.15) is 65.4 Å². The number of alkyl carbamates (subject to hydrolysis) is 2. The van der Waals surface area contributed by atoms with E-state index >= 15 is 0 Å². The summed E-state index contributed by atoms with van der Waals surface area (Å²) in [5.74, 6) is 0.555. The average Bonchev–Trinajstić information content (AvgIpc) is 3.99. The number of hydrogen-bond donors (Lipinski definition) is 3. The molecule has 2 heterocycles. The molecular formula is C41H53N3O12S2. The third-order valence-corrected chi connectivity index (χ3v) is 14.3. The van der Waals surface area contributed by atoms with Gasteiger partial charge in [0.25, 0.3) is 0 Å². The Morgan fingerprint density at radius 1 is 0.931 bits per heavy atom. The summed E-state index contributed by atoms with van der Waals surface area (Å²) >= 11 is 0. The van der Waals surface area contributed by atoms with Crippen LogP contribution in [-0.4, -0.2) is 107 Å². The predicted molar refractivity (Wildman–Crippen MR) is 214 cm³/mol. The van der Waals surface area contributed by atoms with Crippen molar-refractivity contribution >= 4 is 32.0 Å². The highest BCUT2D eigenvalue weighted by atomic mass is 32.2. The van der Waals surface area contributed by atoms with E-state index in [9.17, 15) is 31.5 Å². The molecule has 6 rings (SSSR count). The van der Waals surface area contributed by atoms with Crippen LogP contribution < -0.4 is 20.1 Å². The van der Waals surface area contributed by atoms with Crippen molar-refractivity contribution in [3.8, 4) is 22.6 Å². The minimum Gasteiger partial charge on any atom is -0.492 e. The van der Waals surface area contributed by atoms with Crippen LogP contribution in [0.15, 0.2) is 76.5 Å². The van der Waals surface area contributed by atoms with Gasteiger partial charge in [0, 0.05) is 26.1 Å². The van der Waals surface area contributed by atoms with Crippen LogP contribution in [-0.2, 0) is 40.6 Å². The van der Waals surface area contributed by atoms with Crippen molar-refractivity contribution in [3.05, 3.63) is 72.3 Å².